The van der Waals surface area contributed by atoms with E-state index in [1.54, 1.807) is 45.9 Å². The third-order valence-electron chi connectivity index (χ3n) is 6.93. The second-order valence-electron chi connectivity index (χ2n) is 11.4. The molecule has 7 heteroatoms. The Kier molecular flexibility index (Phi) is 10.2. The summed E-state index contributed by atoms with van der Waals surface area (Å²) in [4.78, 5) is 38.5. The molecule has 0 aliphatic carbocycles. The molecule has 0 aromatic heterocycles. The molecule has 0 saturated heterocycles. The number of nitrogens with one attached hydrogen (secondary N) is 1. The van der Waals surface area contributed by atoms with Crippen molar-refractivity contribution in [3.8, 4) is 5.75 Å². The lowest BCUT2D eigenvalue weighted by molar-refractivity contribution is -0.145. The average Bonchev–Trinajstić information content (AvgIpc) is 3.00. The second kappa shape index (κ2) is 14.0. The molecule has 0 heterocycles. The Morgan fingerprint density at radius 1 is 0.750 bits per heavy atom. The Morgan fingerprint density at radius 2 is 1.25 bits per heavy atom. The molecule has 4 rings (SSSR count). The van der Waals surface area contributed by atoms with Gasteiger partial charge in [0.1, 0.15) is 17.4 Å². The number of amides is 1. The van der Waals surface area contributed by atoms with Crippen LogP contribution in [-0.4, -0.2) is 36.1 Å². The van der Waals surface area contributed by atoms with E-state index in [-0.39, 0.29) is 18.8 Å². The van der Waals surface area contributed by atoms with Crippen molar-refractivity contribution in [1.82, 2.24) is 5.32 Å². The maximum Gasteiger partial charge on any atom is 0.408 e. The zero-order chi connectivity index (χ0) is 31.7. The van der Waals surface area contributed by atoms with Gasteiger partial charge in [0, 0.05) is 23.1 Å². The Labute approximate surface area is 259 Å². The fraction of sp³-hybridized carbons (Fsp3) is 0.270. The molecule has 0 fully saturated rings. The first kappa shape index (κ1) is 32.0. The summed E-state index contributed by atoms with van der Waals surface area (Å²) in [5, 5.41) is 2.62. The van der Waals surface area contributed by atoms with E-state index in [2.05, 4.69) is 5.32 Å². The van der Waals surface area contributed by atoms with Crippen molar-refractivity contribution in [3.63, 3.8) is 0 Å². The van der Waals surface area contributed by atoms with Crippen LogP contribution in [0.5, 0.6) is 5.75 Å². The van der Waals surface area contributed by atoms with Crippen molar-refractivity contribution in [2.24, 2.45) is 0 Å². The summed E-state index contributed by atoms with van der Waals surface area (Å²) < 4.78 is 17.6. The van der Waals surface area contributed by atoms with Gasteiger partial charge in [-0.25, -0.2) is 9.59 Å². The van der Waals surface area contributed by atoms with E-state index in [0.29, 0.717) is 16.9 Å². The summed E-state index contributed by atoms with van der Waals surface area (Å²) in [6.45, 7) is 8.54. The summed E-state index contributed by atoms with van der Waals surface area (Å²) in [5.74, 6) is -0.428. The number of rotatable bonds is 11. The number of benzene rings is 4. The molecule has 44 heavy (non-hydrogen) atoms. The minimum absolute atomic E-state index is 0.0832. The standard InChI is InChI=1S/C37H39NO6/c1-6-42-34(40)32(38-35(41)44-36(3,4)5)25-27-22-23-33(31(24-27)26(2)39)43-37(28-16-10-7-11-17-28,29-18-12-8-13-19-29)30-20-14-9-15-21-30/h7-24,32H,6,25H2,1-5H3,(H,38,41). The smallest absolute Gasteiger partial charge is 0.408 e. The zero-order valence-corrected chi connectivity index (χ0v) is 25.8. The molecule has 4 aromatic carbocycles. The van der Waals surface area contributed by atoms with Gasteiger partial charge in [0.05, 0.1) is 12.2 Å². The molecular formula is C37H39NO6. The fourth-order valence-corrected chi connectivity index (χ4v) is 5.05. The molecule has 0 bridgehead atoms. The van der Waals surface area contributed by atoms with Crippen molar-refractivity contribution in [1.29, 1.82) is 0 Å². The highest BCUT2D eigenvalue weighted by Gasteiger charge is 2.39. The topological polar surface area (TPSA) is 90.9 Å². The normalized spacial score (nSPS) is 12.1. The van der Waals surface area contributed by atoms with Crippen LogP contribution >= 0.6 is 0 Å². The van der Waals surface area contributed by atoms with Gasteiger partial charge < -0.3 is 19.5 Å². The molecule has 0 radical (unpaired) electrons. The van der Waals surface area contributed by atoms with Crippen LogP contribution in [0.3, 0.4) is 0 Å². The van der Waals surface area contributed by atoms with E-state index in [1.807, 2.05) is 91.0 Å². The lowest BCUT2D eigenvalue weighted by Crippen LogP contribution is -2.45. The third kappa shape index (κ3) is 7.72. The molecule has 0 aliphatic heterocycles. The fourth-order valence-electron chi connectivity index (χ4n) is 5.05. The Hall–Kier alpha value is -4.91. The number of carbonyl (C=O) groups excluding carboxylic acids is 3. The van der Waals surface area contributed by atoms with Gasteiger partial charge in [-0.05, 0) is 52.3 Å². The van der Waals surface area contributed by atoms with Crippen LogP contribution in [0.25, 0.3) is 0 Å². The maximum absolute atomic E-state index is 13.1. The van der Waals surface area contributed by atoms with Crippen LogP contribution in [0.4, 0.5) is 4.79 Å². The van der Waals surface area contributed by atoms with Crippen molar-refractivity contribution >= 4 is 17.8 Å². The van der Waals surface area contributed by atoms with Gasteiger partial charge in [0.15, 0.2) is 11.4 Å². The minimum Gasteiger partial charge on any atom is -0.472 e. The number of ketones is 1. The zero-order valence-electron chi connectivity index (χ0n) is 25.8. The lowest BCUT2D eigenvalue weighted by atomic mass is 9.80. The predicted octanol–water partition coefficient (Wildman–Crippen LogP) is 7.26. The van der Waals surface area contributed by atoms with E-state index in [4.69, 9.17) is 14.2 Å². The molecule has 1 N–H and O–H groups in total. The summed E-state index contributed by atoms with van der Waals surface area (Å²) in [5.41, 5.74) is 1.82. The summed E-state index contributed by atoms with van der Waals surface area (Å²) in [7, 11) is 0. The van der Waals surface area contributed by atoms with E-state index in [1.165, 1.54) is 6.92 Å². The molecule has 0 saturated carbocycles. The van der Waals surface area contributed by atoms with Crippen LogP contribution in [0.1, 0.15) is 67.2 Å². The Morgan fingerprint density at radius 3 is 1.68 bits per heavy atom. The molecule has 228 valence electrons. The van der Waals surface area contributed by atoms with Gasteiger partial charge >= 0.3 is 12.1 Å². The van der Waals surface area contributed by atoms with Crippen LogP contribution in [0.2, 0.25) is 0 Å². The molecule has 4 aromatic rings. The predicted molar refractivity (Wildman–Crippen MR) is 170 cm³/mol. The largest absolute Gasteiger partial charge is 0.472 e. The van der Waals surface area contributed by atoms with E-state index in [0.717, 1.165) is 16.7 Å². The highest BCUT2D eigenvalue weighted by molar-refractivity contribution is 5.97. The highest BCUT2D eigenvalue weighted by atomic mass is 16.6. The molecule has 1 unspecified atom stereocenters. The van der Waals surface area contributed by atoms with Crippen LogP contribution in [0.15, 0.2) is 109 Å². The Balaban J connectivity index is 1.78. The number of ether oxygens (including phenoxy) is 3. The number of alkyl carbamates (subject to hydrolysis) is 1. The van der Waals surface area contributed by atoms with Gasteiger partial charge in [-0.1, -0.05) is 97.1 Å². The van der Waals surface area contributed by atoms with Crippen molar-refractivity contribution in [2.75, 3.05) is 6.61 Å². The van der Waals surface area contributed by atoms with E-state index >= 15 is 0 Å². The molecule has 0 aliphatic rings. The first-order valence-electron chi connectivity index (χ1n) is 14.7. The Bertz CT molecular complexity index is 1470. The van der Waals surface area contributed by atoms with Crippen LogP contribution < -0.4 is 10.1 Å². The summed E-state index contributed by atoms with van der Waals surface area (Å²) in [6, 6.07) is 33.9. The van der Waals surface area contributed by atoms with Crippen molar-refractivity contribution in [3.05, 3.63) is 137 Å². The molecule has 1 atom stereocenters. The van der Waals surface area contributed by atoms with Crippen molar-refractivity contribution < 1.29 is 28.6 Å². The first-order valence-corrected chi connectivity index (χ1v) is 14.7. The minimum atomic E-state index is -1.08. The SMILES string of the molecule is CCOC(=O)C(Cc1ccc(OC(c2ccccc2)(c2ccccc2)c2ccccc2)c(C(C)=O)c1)NC(=O)OC(C)(C)C. The van der Waals surface area contributed by atoms with Crippen LogP contribution in [-0.2, 0) is 26.3 Å². The number of esters is 1. The monoisotopic (exact) mass is 593 g/mol. The number of Topliss-reactive ketones (excluding diaryl/α,β-unsaturated/α-hetero) is 1. The van der Waals surface area contributed by atoms with Gasteiger partial charge in [0.25, 0.3) is 0 Å². The van der Waals surface area contributed by atoms with E-state index < -0.39 is 29.3 Å². The van der Waals surface area contributed by atoms with Crippen molar-refractivity contribution in [2.45, 2.75) is 58.3 Å². The van der Waals surface area contributed by atoms with Gasteiger partial charge in [-0.15, -0.1) is 0 Å². The quantitative estimate of drug-likeness (QED) is 0.112. The number of hydrogen-bond donors (Lipinski definition) is 1. The molecular weight excluding hydrogens is 554 g/mol. The summed E-state index contributed by atoms with van der Waals surface area (Å²) in [6.07, 6.45) is -0.652. The highest BCUT2D eigenvalue weighted by Crippen LogP contribution is 2.42. The van der Waals surface area contributed by atoms with Crippen LogP contribution in [0, 0.1) is 0 Å². The third-order valence-corrected chi connectivity index (χ3v) is 6.93. The first-order chi connectivity index (χ1) is 21.0. The van der Waals surface area contributed by atoms with Gasteiger partial charge in [-0.2, -0.15) is 0 Å². The maximum atomic E-state index is 13.1. The van der Waals surface area contributed by atoms with Gasteiger partial charge in [-0.3, -0.25) is 4.79 Å². The number of hydrogen-bond acceptors (Lipinski definition) is 6. The molecule has 7 nitrogen and oxygen atoms in total. The molecule has 0 spiro atoms. The van der Waals surface area contributed by atoms with E-state index in [9.17, 15) is 14.4 Å². The second-order valence-corrected chi connectivity index (χ2v) is 11.4. The average molecular weight is 594 g/mol. The van der Waals surface area contributed by atoms with Gasteiger partial charge in [0.2, 0.25) is 0 Å². The molecule has 1 amide bonds. The summed E-state index contributed by atoms with van der Waals surface area (Å²) >= 11 is 0. The number of carbonyl (C=O) groups is 3. The lowest BCUT2D eigenvalue weighted by Gasteiger charge is -2.37.